The average molecular weight is 245 g/mol. The quantitative estimate of drug-likeness (QED) is 0.792. The van der Waals surface area contributed by atoms with Crippen LogP contribution in [0.5, 0.6) is 0 Å². The van der Waals surface area contributed by atoms with Crippen LogP contribution in [0.4, 0.5) is 0 Å². The predicted octanol–water partition coefficient (Wildman–Crippen LogP) is 3.19. The first-order valence-electron chi connectivity index (χ1n) is 6.85. The van der Waals surface area contributed by atoms with Gasteiger partial charge in [-0.05, 0) is 36.6 Å². The number of nitrogens with zero attached hydrogens (tertiary/aromatic N) is 2. The maximum Gasteiger partial charge on any atom is 0.140 e. The number of fused-ring (bicyclic) bond motifs is 1. The van der Waals surface area contributed by atoms with Crippen LogP contribution in [0.3, 0.4) is 0 Å². The minimum absolute atomic E-state index is 0.638. The summed E-state index contributed by atoms with van der Waals surface area (Å²) in [6.45, 7) is 9.70. The van der Waals surface area contributed by atoms with Crippen molar-refractivity contribution >= 4 is 11.0 Å². The maximum atomic E-state index is 4.52. The molecule has 0 fully saturated rings. The third kappa shape index (κ3) is 2.91. The lowest BCUT2D eigenvalue weighted by Gasteiger charge is -2.06. The maximum absolute atomic E-state index is 4.52. The van der Waals surface area contributed by atoms with Crippen LogP contribution in [0.2, 0.25) is 0 Å². The molecule has 98 valence electrons. The summed E-state index contributed by atoms with van der Waals surface area (Å²) in [4.78, 5) is 4.52. The van der Waals surface area contributed by atoms with E-state index >= 15 is 0 Å². The summed E-state index contributed by atoms with van der Waals surface area (Å²) >= 11 is 0. The molecule has 3 nitrogen and oxygen atoms in total. The van der Waals surface area contributed by atoms with Gasteiger partial charge >= 0.3 is 0 Å². The third-order valence-corrected chi connectivity index (χ3v) is 3.02. The van der Waals surface area contributed by atoms with Gasteiger partial charge in [0.25, 0.3) is 0 Å². The number of hydrogen-bond donors (Lipinski definition) is 1. The van der Waals surface area contributed by atoms with Gasteiger partial charge in [0.1, 0.15) is 5.65 Å². The highest BCUT2D eigenvalue weighted by Gasteiger charge is 2.09. The summed E-state index contributed by atoms with van der Waals surface area (Å²) in [5.41, 5.74) is 2.46. The van der Waals surface area contributed by atoms with Crippen LogP contribution in [-0.2, 0) is 13.1 Å². The second-order valence-electron chi connectivity index (χ2n) is 5.25. The molecule has 0 radical (unpaired) electrons. The molecule has 1 N–H and O–H groups in total. The molecule has 0 aliphatic heterocycles. The van der Waals surface area contributed by atoms with Crippen molar-refractivity contribution in [2.45, 2.75) is 40.3 Å². The highest BCUT2D eigenvalue weighted by Crippen LogP contribution is 2.20. The molecule has 0 spiro atoms. The molecule has 2 aromatic rings. The molecule has 18 heavy (non-hydrogen) atoms. The van der Waals surface area contributed by atoms with Gasteiger partial charge in [-0.3, -0.25) is 0 Å². The van der Waals surface area contributed by atoms with Gasteiger partial charge in [-0.1, -0.05) is 20.8 Å². The molecule has 0 saturated heterocycles. The molecule has 2 rings (SSSR count). The fraction of sp³-hybridized carbons (Fsp3) is 0.533. The summed E-state index contributed by atoms with van der Waals surface area (Å²) in [6.07, 6.45) is 5.30. The van der Waals surface area contributed by atoms with Crippen LogP contribution < -0.4 is 5.32 Å². The Morgan fingerprint density at radius 1 is 1.39 bits per heavy atom. The first-order chi connectivity index (χ1) is 8.72. The minimum atomic E-state index is 0.638. The number of pyridine rings is 1. The van der Waals surface area contributed by atoms with Crippen LogP contribution in [0, 0.1) is 5.92 Å². The zero-order valence-electron chi connectivity index (χ0n) is 11.6. The van der Waals surface area contributed by atoms with Gasteiger partial charge in [0.15, 0.2) is 0 Å². The van der Waals surface area contributed by atoms with Crippen LogP contribution in [0.15, 0.2) is 24.5 Å². The van der Waals surface area contributed by atoms with E-state index in [4.69, 9.17) is 0 Å². The van der Waals surface area contributed by atoms with Gasteiger partial charge in [-0.25, -0.2) is 4.98 Å². The normalized spacial score (nSPS) is 11.6. The van der Waals surface area contributed by atoms with Gasteiger partial charge in [-0.2, -0.15) is 0 Å². The summed E-state index contributed by atoms with van der Waals surface area (Å²) in [5.74, 6) is 0.638. The van der Waals surface area contributed by atoms with Crippen molar-refractivity contribution in [1.82, 2.24) is 14.9 Å². The Bertz CT molecular complexity index is 499. The summed E-state index contributed by atoms with van der Waals surface area (Å²) in [5, 5.41) is 4.75. The number of aromatic nitrogens is 2. The lowest BCUT2D eigenvalue weighted by Crippen LogP contribution is -2.13. The van der Waals surface area contributed by atoms with Gasteiger partial charge < -0.3 is 9.88 Å². The Morgan fingerprint density at radius 2 is 2.22 bits per heavy atom. The Kier molecular flexibility index (Phi) is 4.37. The number of nitrogens with one attached hydrogen (secondary N) is 1. The van der Waals surface area contributed by atoms with Gasteiger partial charge in [0.05, 0.1) is 0 Å². The van der Waals surface area contributed by atoms with E-state index in [1.807, 2.05) is 12.3 Å². The van der Waals surface area contributed by atoms with Gasteiger partial charge in [0.2, 0.25) is 0 Å². The average Bonchev–Trinajstić information content (AvgIpc) is 2.68. The van der Waals surface area contributed by atoms with Crippen molar-refractivity contribution in [1.29, 1.82) is 0 Å². The molecular weight excluding hydrogens is 222 g/mol. The number of rotatable bonds is 6. The molecular formula is C15H23N3. The van der Waals surface area contributed by atoms with Crippen LogP contribution >= 0.6 is 0 Å². The monoisotopic (exact) mass is 245 g/mol. The van der Waals surface area contributed by atoms with E-state index in [-0.39, 0.29) is 0 Å². The summed E-state index contributed by atoms with van der Waals surface area (Å²) < 4.78 is 2.28. The van der Waals surface area contributed by atoms with Crippen molar-refractivity contribution in [2.75, 3.05) is 6.54 Å². The summed E-state index contributed by atoms with van der Waals surface area (Å²) in [7, 11) is 0. The highest BCUT2D eigenvalue weighted by atomic mass is 15.0. The molecule has 3 heteroatoms. The van der Waals surface area contributed by atoms with Crippen LogP contribution in [0.1, 0.15) is 32.8 Å². The molecule has 0 saturated carbocycles. The van der Waals surface area contributed by atoms with E-state index in [0.717, 1.165) is 25.3 Å². The fourth-order valence-electron chi connectivity index (χ4n) is 2.27. The first-order valence-corrected chi connectivity index (χ1v) is 6.85. The van der Waals surface area contributed by atoms with Crippen molar-refractivity contribution in [3.8, 4) is 0 Å². The number of hydrogen-bond acceptors (Lipinski definition) is 2. The summed E-state index contributed by atoms with van der Waals surface area (Å²) in [6, 6.07) is 4.19. The highest BCUT2D eigenvalue weighted by molar-refractivity contribution is 5.80. The smallest absolute Gasteiger partial charge is 0.140 e. The van der Waals surface area contributed by atoms with E-state index < -0.39 is 0 Å². The molecule has 2 aromatic heterocycles. The van der Waals surface area contributed by atoms with Gasteiger partial charge in [-0.15, -0.1) is 0 Å². The zero-order valence-corrected chi connectivity index (χ0v) is 11.6. The second kappa shape index (κ2) is 6.01. The fourth-order valence-corrected chi connectivity index (χ4v) is 2.27. The van der Waals surface area contributed by atoms with Crippen molar-refractivity contribution in [3.05, 3.63) is 30.1 Å². The standard InChI is InChI=1S/C15H23N3/c1-4-7-16-9-13-11-18(10-12(2)3)15-14(13)6-5-8-17-15/h5-6,8,11-12,16H,4,7,9-10H2,1-3H3. The largest absolute Gasteiger partial charge is 0.332 e. The minimum Gasteiger partial charge on any atom is -0.332 e. The Morgan fingerprint density at radius 3 is 2.94 bits per heavy atom. The van der Waals surface area contributed by atoms with E-state index in [1.54, 1.807) is 0 Å². The van der Waals surface area contributed by atoms with Crippen LogP contribution in [-0.4, -0.2) is 16.1 Å². The van der Waals surface area contributed by atoms with E-state index in [2.05, 4.69) is 47.9 Å². The lowest BCUT2D eigenvalue weighted by molar-refractivity contribution is 0.531. The van der Waals surface area contributed by atoms with Gasteiger partial charge in [0, 0.05) is 30.9 Å². The van der Waals surface area contributed by atoms with Crippen LogP contribution in [0.25, 0.3) is 11.0 Å². The molecule has 0 aliphatic rings. The Hall–Kier alpha value is -1.35. The molecule has 2 heterocycles. The molecule has 0 atom stereocenters. The molecule has 0 bridgehead atoms. The molecule has 0 amide bonds. The van der Waals surface area contributed by atoms with Crippen molar-refractivity contribution < 1.29 is 0 Å². The van der Waals surface area contributed by atoms with E-state index in [9.17, 15) is 0 Å². The molecule has 0 aromatic carbocycles. The van der Waals surface area contributed by atoms with E-state index in [0.29, 0.717) is 5.92 Å². The Labute approximate surface area is 109 Å². The first kappa shape index (κ1) is 13.1. The van der Waals surface area contributed by atoms with Crippen molar-refractivity contribution in [3.63, 3.8) is 0 Å². The molecule has 0 unspecified atom stereocenters. The predicted molar refractivity (Wildman–Crippen MR) is 76.6 cm³/mol. The lowest BCUT2D eigenvalue weighted by atomic mass is 10.2. The topological polar surface area (TPSA) is 29.9 Å². The SMILES string of the molecule is CCCNCc1cn(CC(C)C)c2ncccc12. The third-order valence-electron chi connectivity index (χ3n) is 3.02. The van der Waals surface area contributed by atoms with Crippen molar-refractivity contribution in [2.24, 2.45) is 5.92 Å². The zero-order chi connectivity index (χ0) is 13.0. The second-order valence-corrected chi connectivity index (χ2v) is 5.25. The Balaban J connectivity index is 2.29. The molecule has 0 aliphatic carbocycles. The van der Waals surface area contributed by atoms with E-state index in [1.165, 1.54) is 17.4 Å².